The first-order valence-electron chi connectivity index (χ1n) is 11.6. The Bertz CT molecular complexity index is 1230. The molecule has 0 saturated carbocycles. The van der Waals surface area contributed by atoms with Crippen LogP contribution in [0, 0.1) is 6.92 Å². The molecule has 0 radical (unpaired) electrons. The van der Waals surface area contributed by atoms with E-state index in [0.717, 1.165) is 79.5 Å². The van der Waals surface area contributed by atoms with Gasteiger partial charge in [-0.15, -0.1) is 0 Å². The lowest BCUT2D eigenvalue weighted by Crippen LogP contribution is -2.27. The van der Waals surface area contributed by atoms with E-state index in [1.807, 2.05) is 12.4 Å². The fraction of sp³-hybridized carbons (Fsp3) is 0.417. The van der Waals surface area contributed by atoms with E-state index in [1.165, 1.54) is 16.8 Å². The number of hydrogen-bond donors (Lipinski definition) is 3. The Morgan fingerprint density at radius 3 is 2.97 bits per heavy atom. The third-order valence-corrected chi connectivity index (χ3v) is 6.63. The molecule has 0 spiro atoms. The van der Waals surface area contributed by atoms with Gasteiger partial charge < -0.3 is 25.6 Å². The van der Waals surface area contributed by atoms with Gasteiger partial charge in [-0.2, -0.15) is 0 Å². The number of pyridine rings is 2. The molecule has 0 atom stereocenters. The van der Waals surface area contributed by atoms with Gasteiger partial charge in [-0.05, 0) is 44.1 Å². The molecule has 0 saturated heterocycles. The van der Waals surface area contributed by atoms with Crippen LogP contribution in [0.4, 0.5) is 17.3 Å². The lowest BCUT2D eigenvalue weighted by Gasteiger charge is -2.25. The SMILES string of the molecule is Cc1c(-c2nc(Nc3cnc4c(c3)CN(C)CC4)nc3c2CCNC3)cnc2c1NCCO2. The van der Waals surface area contributed by atoms with Gasteiger partial charge >= 0.3 is 0 Å². The highest BCUT2D eigenvalue weighted by Gasteiger charge is 2.24. The van der Waals surface area contributed by atoms with Gasteiger partial charge in [0.05, 0.1) is 23.3 Å². The first kappa shape index (κ1) is 20.3. The third kappa shape index (κ3) is 3.77. The van der Waals surface area contributed by atoms with E-state index in [0.29, 0.717) is 18.4 Å². The molecule has 3 aromatic rings. The molecule has 33 heavy (non-hydrogen) atoms. The highest BCUT2D eigenvalue weighted by molar-refractivity contribution is 5.77. The van der Waals surface area contributed by atoms with Crippen molar-refractivity contribution in [2.75, 3.05) is 43.9 Å². The zero-order valence-corrected chi connectivity index (χ0v) is 19.0. The van der Waals surface area contributed by atoms with E-state index in [1.54, 1.807) is 0 Å². The van der Waals surface area contributed by atoms with Gasteiger partial charge in [-0.3, -0.25) is 4.98 Å². The third-order valence-electron chi connectivity index (χ3n) is 6.63. The molecule has 6 heterocycles. The van der Waals surface area contributed by atoms with Crippen LogP contribution in [0.25, 0.3) is 11.3 Å². The standard InChI is InChI=1S/C24H28N8O/c1-14-18(11-28-23-21(14)26-6-8-33-23)22-17-3-5-25-12-20(17)30-24(31-22)29-16-9-15-13-32(2)7-4-19(15)27-10-16/h9-11,25-26H,3-8,12-13H2,1-2H3,(H,29,30,31). The second kappa shape index (κ2) is 8.24. The average Bonchev–Trinajstić information content (AvgIpc) is 2.84. The summed E-state index contributed by atoms with van der Waals surface area (Å²) in [5, 5.41) is 10.3. The first-order valence-corrected chi connectivity index (χ1v) is 11.6. The van der Waals surface area contributed by atoms with E-state index < -0.39 is 0 Å². The van der Waals surface area contributed by atoms with Crippen molar-refractivity contribution in [2.24, 2.45) is 0 Å². The molecule has 170 valence electrons. The highest BCUT2D eigenvalue weighted by atomic mass is 16.5. The molecule has 9 heteroatoms. The molecule has 9 nitrogen and oxygen atoms in total. The molecule has 0 unspecified atom stereocenters. The van der Waals surface area contributed by atoms with Gasteiger partial charge in [0.15, 0.2) is 0 Å². The van der Waals surface area contributed by atoms with Gasteiger partial charge in [-0.1, -0.05) is 0 Å². The summed E-state index contributed by atoms with van der Waals surface area (Å²) in [7, 11) is 2.14. The minimum Gasteiger partial charge on any atom is -0.474 e. The Balaban J connectivity index is 1.40. The molecular formula is C24H28N8O. The molecule has 0 amide bonds. The molecule has 3 aliphatic heterocycles. The summed E-state index contributed by atoms with van der Waals surface area (Å²) in [6.07, 6.45) is 5.64. The number of anilines is 3. The number of aromatic nitrogens is 4. The van der Waals surface area contributed by atoms with Crippen LogP contribution >= 0.6 is 0 Å². The lowest BCUT2D eigenvalue weighted by atomic mass is 9.97. The van der Waals surface area contributed by atoms with Crippen LogP contribution in [0.5, 0.6) is 5.88 Å². The fourth-order valence-electron chi connectivity index (χ4n) is 4.86. The second-order valence-electron chi connectivity index (χ2n) is 8.94. The van der Waals surface area contributed by atoms with Crippen molar-refractivity contribution in [3.05, 3.63) is 46.5 Å². The van der Waals surface area contributed by atoms with E-state index in [4.69, 9.17) is 19.7 Å². The molecule has 0 aromatic carbocycles. The number of nitrogens with one attached hydrogen (secondary N) is 3. The topological polar surface area (TPSA) is 100 Å². The Morgan fingerprint density at radius 1 is 1.09 bits per heavy atom. The van der Waals surface area contributed by atoms with E-state index >= 15 is 0 Å². The largest absolute Gasteiger partial charge is 0.474 e. The highest BCUT2D eigenvalue weighted by Crippen LogP contribution is 2.37. The Labute approximate surface area is 193 Å². The zero-order valence-electron chi connectivity index (χ0n) is 19.0. The summed E-state index contributed by atoms with van der Waals surface area (Å²) in [5.41, 5.74) is 9.58. The fourth-order valence-corrected chi connectivity index (χ4v) is 4.86. The molecule has 3 aliphatic rings. The molecule has 6 rings (SSSR count). The number of ether oxygens (including phenoxy) is 1. The minimum atomic E-state index is 0.583. The quantitative estimate of drug-likeness (QED) is 0.562. The molecule has 0 aliphatic carbocycles. The number of nitrogens with zero attached hydrogens (tertiary/aromatic N) is 5. The van der Waals surface area contributed by atoms with Gasteiger partial charge in [0.1, 0.15) is 12.3 Å². The van der Waals surface area contributed by atoms with Crippen molar-refractivity contribution >= 4 is 17.3 Å². The summed E-state index contributed by atoms with van der Waals surface area (Å²) >= 11 is 0. The van der Waals surface area contributed by atoms with Crippen molar-refractivity contribution in [3.8, 4) is 17.1 Å². The van der Waals surface area contributed by atoms with Crippen LogP contribution in [0.2, 0.25) is 0 Å². The Kier molecular flexibility index (Phi) is 5.07. The number of hydrogen-bond acceptors (Lipinski definition) is 9. The number of fused-ring (bicyclic) bond motifs is 3. The maximum Gasteiger partial charge on any atom is 0.237 e. The van der Waals surface area contributed by atoms with Crippen LogP contribution in [0.1, 0.15) is 28.1 Å². The Morgan fingerprint density at radius 2 is 2.03 bits per heavy atom. The summed E-state index contributed by atoms with van der Waals surface area (Å²) in [6, 6.07) is 2.17. The Hall–Kier alpha value is -3.30. The second-order valence-corrected chi connectivity index (χ2v) is 8.94. The summed E-state index contributed by atoms with van der Waals surface area (Å²) in [4.78, 5) is 21.4. The van der Waals surface area contributed by atoms with Crippen molar-refractivity contribution in [2.45, 2.75) is 32.9 Å². The molecule has 0 bridgehead atoms. The van der Waals surface area contributed by atoms with E-state index in [2.05, 4.69) is 45.9 Å². The molecule has 3 aromatic heterocycles. The summed E-state index contributed by atoms with van der Waals surface area (Å²) in [6.45, 7) is 7.11. The molecule has 3 N–H and O–H groups in total. The van der Waals surface area contributed by atoms with Gasteiger partial charge in [0.2, 0.25) is 11.8 Å². The van der Waals surface area contributed by atoms with Crippen molar-refractivity contribution in [3.63, 3.8) is 0 Å². The van der Waals surface area contributed by atoms with Gasteiger partial charge in [0, 0.05) is 55.6 Å². The summed E-state index contributed by atoms with van der Waals surface area (Å²) in [5.74, 6) is 1.25. The van der Waals surface area contributed by atoms with Crippen LogP contribution < -0.4 is 20.7 Å². The van der Waals surface area contributed by atoms with E-state index in [-0.39, 0.29) is 0 Å². The molecular weight excluding hydrogens is 416 g/mol. The van der Waals surface area contributed by atoms with Crippen LogP contribution in [-0.2, 0) is 25.9 Å². The predicted octanol–water partition coefficient (Wildman–Crippen LogP) is 2.42. The van der Waals surface area contributed by atoms with Gasteiger partial charge in [0.25, 0.3) is 0 Å². The zero-order chi connectivity index (χ0) is 22.4. The number of rotatable bonds is 3. The van der Waals surface area contributed by atoms with Crippen LogP contribution in [0.15, 0.2) is 18.5 Å². The van der Waals surface area contributed by atoms with Crippen LogP contribution in [-0.4, -0.2) is 58.1 Å². The average molecular weight is 445 g/mol. The first-order chi connectivity index (χ1) is 16.2. The molecule has 0 fully saturated rings. The summed E-state index contributed by atoms with van der Waals surface area (Å²) < 4.78 is 5.72. The van der Waals surface area contributed by atoms with Crippen molar-refractivity contribution < 1.29 is 4.74 Å². The van der Waals surface area contributed by atoms with Crippen molar-refractivity contribution in [1.29, 1.82) is 0 Å². The maximum absolute atomic E-state index is 5.72. The van der Waals surface area contributed by atoms with E-state index in [9.17, 15) is 0 Å². The minimum absolute atomic E-state index is 0.583. The predicted molar refractivity (Wildman–Crippen MR) is 127 cm³/mol. The van der Waals surface area contributed by atoms with Gasteiger partial charge in [-0.25, -0.2) is 15.0 Å². The normalized spacial score (nSPS) is 17.3. The van der Waals surface area contributed by atoms with Crippen molar-refractivity contribution in [1.82, 2.24) is 30.2 Å². The monoisotopic (exact) mass is 444 g/mol. The number of likely N-dealkylation sites (N-methyl/N-ethyl adjacent to an activating group) is 1. The smallest absolute Gasteiger partial charge is 0.237 e. The lowest BCUT2D eigenvalue weighted by molar-refractivity contribution is 0.310. The maximum atomic E-state index is 5.72. The van der Waals surface area contributed by atoms with Crippen LogP contribution in [0.3, 0.4) is 0 Å².